The van der Waals surface area contributed by atoms with Crippen LogP contribution in [0.15, 0.2) is 0 Å². The van der Waals surface area contributed by atoms with Crippen molar-refractivity contribution < 1.29 is 18.3 Å². The summed E-state index contributed by atoms with van der Waals surface area (Å²) in [7, 11) is -3.44. The molecule has 0 spiro atoms. The molecule has 0 aromatic heterocycles. The van der Waals surface area contributed by atoms with Gasteiger partial charge in [-0.15, -0.1) is 0 Å². The molecule has 0 saturated carbocycles. The van der Waals surface area contributed by atoms with Gasteiger partial charge in [0, 0.05) is 25.6 Å². The molecule has 0 radical (unpaired) electrons. The highest BCUT2D eigenvalue weighted by molar-refractivity contribution is 7.87. The molecule has 1 aliphatic rings. The lowest BCUT2D eigenvalue weighted by Crippen LogP contribution is -2.48. The van der Waals surface area contributed by atoms with E-state index in [4.69, 9.17) is 5.11 Å². The van der Waals surface area contributed by atoms with E-state index in [-0.39, 0.29) is 19.0 Å². The fourth-order valence-electron chi connectivity index (χ4n) is 1.95. The van der Waals surface area contributed by atoms with E-state index in [1.54, 1.807) is 0 Å². The second-order valence-corrected chi connectivity index (χ2v) is 6.06. The van der Waals surface area contributed by atoms with Gasteiger partial charge in [0.1, 0.15) is 0 Å². The van der Waals surface area contributed by atoms with Gasteiger partial charge in [-0.2, -0.15) is 12.7 Å². The maximum absolute atomic E-state index is 11.9. The van der Waals surface area contributed by atoms with E-state index >= 15 is 0 Å². The van der Waals surface area contributed by atoms with E-state index in [2.05, 4.69) is 4.72 Å². The quantitative estimate of drug-likeness (QED) is 0.686. The molecule has 1 atom stereocenters. The molecule has 6 nitrogen and oxygen atoms in total. The summed E-state index contributed by atoms with van der Waals surface area (Å²) in [5.74, 6) is -0.907. The Labute approximate surface area is 102 Å². The smallest absolute Gasteiger partial charge is 0.303 e. The molecule has 1 aliphatic heterocycles. The number of rotatable bonds is 6. The molecule has 0 aliphatic carbocycles. The number of hydrogen-bond donors (Lipinski definition) is 2. The van der Waals surface area contributed by atoms with Gasteiger partial charge in [-0.1, -0.05) is 6.42 Å². The molecule has 0 amide bonds. The van der Waals surface area contributed by atoms with Crippen molar-refractivity contribution in [1.29, 1.82) is 0 Å². The van der Waals surface area contributed by atoms with E-state index in [9.17, 15) is 13.2 Å². The highest BCUT2D eigenvalue weighted by Gasteiger charge is 2.28. The van der Waals surface area contributed by atoms with Crippen LogP contribution >= 0.6 is 0 Å². The molecule has 7 heteroatoms. The van der Waals surface area contributed by atoms with E-state index in [1.165, 1.54) is 4.31 Å². The standard InChI is InChI=1S/C10H20N2O4S/c1-9-5-2-3-8-12(9)17(15,16)11-7-4-6-10(13)14/h9,11H,2-8H2,1H3,(H,13,14). The topological polar surface area (TPSA) is 86.7 Å². The zero-order valence-corrected chi connectivity index (χ0v) is 10.9. The average molecular weight is 264 g/mol. The predicted molar refractivity (Wildman–Crippen MR) is 63.8 cm³/mol. The lowest BCUT2D eigenvalue weighted by atomic mass is 10.1. The summed E-state index contributed by atoms with van der Waals surface area (Å²) in [5.41, 5.74) is 0. The summed E-state index contributed by atoms with van der Waals surface area (Å²) in [6.45, 7) is 2.63. The van der Waals surface area contributed by atoms with Crippen LogP contribution < -0.4 is 4.72 Å². The molecule has 2 N–H and O–H groups in total. The number of piperidine rings is 1. The Morgan fingerprint density at radius 3 is 2.76 bits per heavy atom. The van der Waals surface area contributed by atoms with Crippen LogP contribution in [0.3, 0.4) is 0 Å². The molecule has 1 fully saturated rings. The first-order chi connectivity index (χ1) is 7.93. The van der Waals surface area contributed by atoms with Crippen molar-refractivity contribution in [2.45, 2.75) is 45.1 Å². The van der Waals surface area contributed by atoms with Crippen molar-refractivity contribution in [3.05, 3.63) is 0 Å². The first kappa shape index (κ1) is 14.4. The summed E-state index contributed by atoms with van der Waals surface area (Å²) in [6, 6.07) is 0.0284. The Morgan fingerprint density at radius 1 is 1.47 bits per heavy atom. The van der Waals surface area contributed by atoms with E-state index < -0.39 is 16.2 Å². The SMILES string of the molecule is CC1CCCCN1S(=O)(=O)NCCCC(=O)O. The van der Waals surface area contributed by atoms with Crippen LogP contribution in [0, 0.1) is 0 Å². The summed E-state index contributed by atoms with van der Waals surface area (Å²) >= 11 is 0. The molecule has 0 aromatic carbocycles. The largest absolute Gasteiger partial charge is 0.481 e. The maximum atomic E-state index is 11.9. The van der Waals surface area contributed by atoms with Crippen molar-refractivity contribution in [3.8, 4) is 0 Å². The Balaban J connectivity index is 2.41. The van der Waals surface area contributed by atoms with Crippen LogP contribution in [0.2, 0.25) is 0 Å². The third-order valence-corrected chi connectivity index (χ3v) is 4.63. The molecule has 0 bridgehead atoms. The van der Waals surface area contributed by atoms with Crippen LogP contribution in [-0.2, 0) is 15.0 Å². The Kier molecular flexibility index (Phi) is 5.35. The summed E-state index contributed by atoms with van der Waals surface area (Å²) in [5, 5.41) is 8.45. The molecule has 100 valence electrons. The predicted octanol–water partition coefficient (Wildman–Crippen LogP) is 0.560. The molecular formula is C10H20N2O4S. The first-order valence-corrected chi connectivity index (χ1v) is 7.35. The van der Waals surface area contributed by atoms with Gasteiger partial charge < -0.3 is 5.11 Å². The summed E-state index contributed by atoms with van der Waals surface area (Å²) < 4.78 is 27.7. The Bertz CT molecular complexity index is 355. The number of nitrogens with zero attached hydrogens (tertiary/aromatic N) is 1. The molecular weight excluding hydrogens is 244 g/mol. The van der Waals surface area contributed by atoms with Crippen molar-refractivity contribution >= 4 is 16.2 Å². The number of carboxylic acids is 1. The van der Waals surface area contributed by atoms with Crippen LogP contribution in [0.5, 0.6) is 0 Å². The third kappa shape index (κ3) is 4.61. The molecule has 1 rings (SSSR count). The van der Waals surface area contributed by atoms with Crippen molar-refractivity contribution in [2.24, 2.45) is 0 Å². The van der Waals surface area contributed by atoms with Gasteiger partial charge in [0.2, 0.25) is 0 Å². The molecule has 1 unspecified atom stereocenters. The monoisotopic (exact) mass is 264 g/mol. The normalized spacial score (nSPS) is 22.5. The minimum atomic E-state index is -3.44. The summed E-state index contributed by atoms with van der Waals surface area (Å²) in [6.07, 6.45) is 3.14. The second-order valence-electron chi connectivity index (χ2n) is 4.35. The van der Waals surface area contributed by atoms with E-state index in [0.717, 1.165) is 19.3 Å². The van der Waals surface area contributed by atoms with Gasteiger partial charge in [-0.25, -0.2) is 4.72 Å². The van der Waals surface area contributed by atoms with Crippen LogP contribution in [0.4, 0.5) is 0 Å². The highest BCUT2D eigenvalue weighted by atomic mass is 32.2. The second kappa shape index (κ2) is 6.32. The first-order valence-electron chi connectivity index (χ1n) is 5.91. The molecule has 1 saturated heterocycles. The van der Waals surface area contributed by atoms with Gasteiger partial charge in [-0.05, 0) is 26.2 Å². The third-order valence-electron chi connectivity index (χ3n) is 2.90. The van der Waals surface area contributed by atoms with Crippen molar-refractivity contribution in [1.82, 2.24) is 9.03 Å². The molecule has 1 heterocycles. The van der Waals surface area contributed by atoms with Crippen LogP contribution in [-0.4, -0.2) is 42.9 Å². The van der Waals surface area contributed by atoms with Gasteiger partial charge in [-0.3, -0.25) is 4.79 Å². The fraction of sp³-hybridized carbons (Fsp3) is 0.900. The minimum absolute atomic E-state index is 0.0158. The summed E-state index contributed by atoms with van der Waals surface area (Å²) in [4.78, 5) is 10.3. The van der Waals surface area contributed by atoms with Gasteiger partial charge in [0.15, 0.2) is 0 Å². The van der Waals surface area contributed by atoms with Crippen molar-refractivity contribution in [3.63, 3.8) is 0 Å². The molecule has 17 heavy (non-hydrogen) atoms. The number of carbonyl (C=O) groups is 1. The number of hydrogen-bond acceptors (Lipinski definition) is 3. The van der Waals surface area contributed by atoms with E-state index in [1.807, 2.05) is 6.92 Å². The lowest BCUT2D eigenvalue weighted by molar-refractivity contribution is -0.137. The zero-order chi connectivity index (χ0) is 12.9. The van der Waals surface area contributed by atoms with Crippen LogP contribution in [0.1, 0.15) is 39.0 Å². The lowest BCUT2D eigenvalue weighted by Gasteiger charge is -2.32. The van der Waals surface area contributed by atoms with Gasteiger partial charge >= 0.3 is 5.97 Å². The Hall–Kier alpha value is -0.660. The average Bonchev–Trinajstić information content (AvgIpc) is 2.24. The number of carboxylic acid groups (broad SMARTS) is 1. The zero-order valence-electron chi connectivity index (χ0n) is 10.1. The van der Waals surface area contributed by atoms with Crippen molar-refractivity contribution in [2.75, 3.05) is 13.1 Å². The number of aliphatic carboxylic acids is 1. The van der Waals surface area contributed by atoms with Crippen LogP contribution in [0.25, 0.3) is 0 Å². The highest BCUT2D eigenvalue weighted by Crippen LogP contribution is 2.18. The van der Waals surface area contributed by atoms with Gasteiger partial charge in [0.05, 0.1) is 0 Å². The van der Waals surface area contributed by atoms with E-state index in [0.29, 0.717) is 13.0 Å². The minimum Gasteiger partial charge on any atom is -0.481 e. The Morgan fingerprint density at radius 2 is 2.18 bits per heavy atom. The fourth-order valence-corrected chi connectivity index (χ4v) is 3.47. The maximum Gasteiger partial charge on any atom is 0.303 e. The number of nitrogens with one attached hydrogen (secondary N) is 1. The van der Waals surface area contributed by atoms with Gasteiger partial charge in [0.25, 0.3) is 10.2 Å². The molecule has 0 aromatic rings.